The molecule has 1 unspecified atom stereocenters. The fourth-order valence-corrected chi connectivity index (χ4v) is 2.25. The van der Waals surface area contributed by atoms with Gasteiger partial charge in [-0.3, -0.25) is 0 Å². The Kier molecular flexibility index (Phi) is 9.17. The molecule has 0 aliphatic rings. The number of aryl methyl sites for hydroxylation is 1. The van der Waals surface area contributed by atoms with Crippen molar-refractivity contribution in [2.24, 2.45) is 5.41 Å². The summed E-state index contributed by atoms with van der Waals surface area (Å²) in [4.78, 5) is 23.6. The normalized spacial score (nSPS) is 12.3. The molecule has 26 heavy (non-hydrogen) atoms. The molecule has 0 spiro atoms. The van der Waals surface area contributed by atoms with Crippen LogP contribution >= 0.6 is 0 Å². The van der Waals surface area contributed by atoms with Crippen LogP contribution in [0.1, 0.15) is 69.8 Å². The van der Waals surface area contributed by atoms with Crippen molar-refractivity contribution in [2.75, 3.05) is 13.2 Å². The molecule has 0 radical (unpaired) electrons. The van der Waals surface area contributed by atoms with Gasteiger partial charge in [-0.1, -0.05) is 46.2 Å². The Bertz CT molecular complexity index is 557. The van der Waals surface area contributed by atoms with Gasteiger partial charge >= 0.3 is 12.1 Å². The lowest BCUT2D eigenvalue weighted by molar-refractivity contribution is 0.0218. The molecule has 0 aromatic heterocycles. The fourth-order valence-electron chi connectivity index (χ4n) is 2.25. The van der Waals surface area contributed by atoms with Crippen LogP contribution in [0.25, 0.3) is 0 Å². The van der Waals surface area contributed by atoms with Gasteiger partial charge in [0.15, 0.2) is 0 Å². The lowest BCUT2D eigenvalue weighted by atomic mass is 9.99. The maximum absolute atomic E-state index is 12.1. The minimum Gasteiger partial charge on any atom is -0.459 e. The molecule has 0 fully saturated rings. The second kappa shape index (κ2) is 10.8. The van der Waals surface area contributed by atoms with Crippen LogP contribution < -0.4 is 0 Å². The van der Waals surface area contributed by atoms with E-state index in [0.717, 1.165) is 12.8 Å². The molecule has 0 aliphatic carbocycles. The predicted octanol–water partition coefficient (Wildman–Crippen LogP) is 5.16. The Morgan fingerprint density at radius 1 is 1.08 bits per heavy atom. The Labute approximate surface area is 157 Å². The third kappa shape index (κ3) is 9.44. The van der Waals surface area contributed by atoms with E-state index in [1.807, 2.05) is 39.8 Å². The molecule has 1 aromatic carbocycles. The van der Waals surface area contributed by atoms with E-state index >= 15 is 0 Å². The first-order valence-electron chi connectivity index (χ1n) is 9.30. The smallest absolute Gasteiger partial charge is 0.459 e. The van der Waals surface area contributed by atoms with Gasteiger partial charge in [0.25, 0.3) is 0 Å². The van der Waals surface area contributed by atoms with Gasteiger partial charge in [-0.2, -0.15) is 0 Å². The minimum atomic E-state index is -0.656. The zero-order chi connectivity index (χ0) is 19.6. The third-order valence-electron chi connectivity index (χ3n) is 3.63. The van der Waals surface area contributed by atoms with E-state index in [1.165, 1.54) is 5.56 Å². The van der Waals surface area contributed by atoms with E-state index in [2.05, 4.69) is 6.92 Å². The van der Waals surface area contributed by atoms with Gasteiger partial charge in [-0.05, 0) is 49.3 Å². The second-order valence-electron chi connectivity index (χ2n) is 7.75. The third-order valence-corrected chi connectivity index (χ3v) is 3.63. The first-order valence-corrected chi connectivity index (χ1v) is 9.30. The first kappa shape index (κ1) is 22.0. The van der Waals surface area contributed by atoms with Crippen molar-refractivity contribution in [3.8, 4) is 0 Å². The molecule has 146 valence electrons. The van der Waals surface area contributed by atoms with Crippen LogP contribution in [-0.2, 0) is 20.6 Å². The molecule has 0 saturated carbocycles. The lowest BCUT2D eigenvalue weighted by Gasteiger charge is -2.17. The summed E-state index contributed by atoms with van der Waals surface area (Å²) in [5, 5.41) is 0. The highest BCUT2D eigenvalue weighted by Crippen LogP contribution is 2.14. The van der Waals surface area contributed by atoms with E-state index in [9.17, 15) is 9.59 Å². The molecular formula is C21H32O5. The van der Waals surface area contributed by atoms with E-state index in [-0.39, 0.29) is 24.1 Å². The van der Waals surface area contributed by atoms with Gasteiger partial charge in [-0.15, -0.1) is 0 Å². The molecular weight excluding hydrogens is 332 g/mol. The number of hydrogen-bond acceptors (Lipinski definition) is 5. The zero-order valence-corrected chi connectivity index (χ0v) is 16.7. The molecule has 1 rings (SSSR count). The topological polar surface area (TPSA) is 61.8 Å². The van der Waals surface area contributed by atoms with E-state index in [1.54, 1.807) is 12.1 Å². The van der Waals surface area contributed by atoms with Crippen molar-refractivity contribution >= 4 is 12.1 Å². The van der Waals surface area contributed by atoms with Crippen LogP contribution in [0, 0.1) is 5.41 Å². The standard InChI is InChI=1S/C21H32O5/c1-6-8-17-10-12-18(13-11-17)19(22)26-16(2)9-7-14-24-20(23)25-15-21(3,4)5/h10-13,16H,6-9,14-15H2,1-5H3. The Balaban J connectivity index is 2.24. The number of rotatable bonds is 9. The van der Waals surface area contributed by atoms with E-state index in [4.69, 9.17) is 14.2 Å². The van der Waals surface area contributed by atoms with Crippen molar-refractivity contribution in [3.05, 3.63) is 35.4 Å². The number of carbonyl (C=O) groups excluding carboxylic acids is 2. The van der Waals surface area contributed by atoms with Crippen LogP contribution in [-0.4, -0.2) is 31.4 Å². The highest BCUT2D eigenvalue weighted by molar-refractivity contribution is 5.89. The van der Waals surface area contributed by atoms with Crippen LogP contribution in [0.5, 0.6) is 0 Å². The number of ether oxygens (including phenoxy) is 3. The van der Waals surface area contributed by atoms with Crippen molar-refractivity contribution in [1.29, 1.82) is 0 Å². The van der Waals surface area contributed by atoms with Crippen LogP contribution in [0.4, 0.5) is 4.79 Å². The second-order valence-corrected chi connectivity index (χ2v) is 7.75. The van der Waals surface area contributed by atoms with Crippen LogP contribution in [0.2, 0.25) is 0 Å². The molecule has 1 aromatic rings. The summed E-state index contributed by atoms with van der Waals surface area (Å²) < 4.78 is 15.5. The molecule has 0 N–H and O–H groups in total. The lowest BCUT2D eigenvalue weighted by Crippen LogP contribution is -2.20. The van der Waals surface area contributed by atoms with Gasteiger partial charge in [0.1, 0.15) is 0 Å². The largest absolute Gasteiger partial charge is 0.508 e. The summed E-state index contributed by atoms with van der Waals surface area (Å²) in [6.45, 7) is 10.5. The summed E-state index contributed by atoms with van der Waals surface area (Å²) >= 11 is 0. The molecule has 0 amide bonds. The van der Waals surface area contributed by atoms with E-state index < -0.39 is 6.16 Å². The Hall–Kier alpha value is -2.04. The van der Waals surface area contributed by atoms with Crippen LogP contribution in [0.3, 0.4) is 0 Å². The highest BCUT2D eigenvalue weighted by atomic mass is 16.7. The van der Waals surface area contributed by atoms with Gasteiger partial charge in [0, 0.05) is 0 Å². The average molecular weight is 364 g/mol. The van der Waals surface area contributed by atoms with Gasteiger partial charge in [0.05, 0.1) is 24.9 Å². The van der Waals surface area contributed by atoms with Crippen molar-refractivity contribution < 1.29 is 23.8 Å². The SMILES string of the molecule is CCCc1ccc(C(=O)OC(C)CCCOC(=O)OCC(C)(C)C)cc1. The van der Waals surface area contributed by atoms with Gasteiger partial charge in [-0.25, -0.2) is 9.59 Å². The average Bonchev–Trinajstić information content (AvgIpc) is 2.57. The van der Waals surface area contributed by atoms with Crippen molar-refractivity contribution in [3.63, 3.8) is 0 Å². The monoisotopic (exact) mass is 364 g/mol. The predicted molar refractivity (Wildman–Crippen MR) is 101 cm³/mol. The van der Waals surface area contributed by atoms with E-state index in [0.29, 0.717) is 25.0 Å². The summed E-state index contributed by atoms with van der Waals surface area (Å²) in [6.07, 6.45) is 2.40. The number of benzene rings is 1. The maximum atomic E-state index is 12.1. The zero-order valence-electron chi connectivity index (χ0n) is 16.7. The molecule has 1 atom stereocenters. The maximum Gasteiger partial charge on any atom is 0.508 e. The number of hydrogen-bond donors (Lipinski definition) is 0. The van der Waals surface area contributed by atoms with Gasteiger partial charge in [0.2, 0.25) is 0 Å². The molecule has 0 bridgehead atoms. The Morgan fingerprint density at radius 3 is 2.31 bits per heavy atom. The quantitative estimate of drug-likeness (QED) is 0.447. The molecule has 0 heterocycles. The summed E-state index contributed by atoms with van der Waals surface area (Å²) in [5.41, 5.74) is 1.68. The minimum absolute atomic E-state index is 0.0868. The number of esters is 1. The Morgan fingerprint density at radius 2 is 1.73 bits per heavy atom. The molecule has 5 nitrogen and oxygen atoms in total. The molecule has 0 saturated heterocycles. The van der Waals surface area contributed by atoms with Gasteiger partial charge < -0.3 is 14.2 Å². The summed E-state index contributed by atoms with van der Waals surface area (Å²) in [5.74, 6) is -0.328. The number of carbonyl (C=O) groups is 2. The van der Waals surface area contributed by atoms with Crippen LogP contribution in [0.15, 0.2) is 24.3 Å². The summed E-state index contributed by atoms with van der Waals surface area (Å²) in [6, 6.07) is 7.52. The molecule has 5 heteroatoms. The molecule has 0 aliphatic heterocycles. The highest BCUT2D eigenvalue weighted by Gasteiger charge is 2.15. The fraction of sp³-hybridized carbons (Fsp3) is 0.619. The summed E-state index contributed by atoms with van der Waals surface area (Å²) in [7, 11) is 0. The first-order chi connectivity index (χ1) is 12.2. The van der Waals surface area contributed by atoms with Crippen molar-refractivity contribution in [1.82, 2.24) is 0 Å². The van der Waals surface area contributed by atoms with Crippen molar-refractivity contribution in [2.45, 2.75) is 66.4 Å².